The highest BCUT2D eigenvalue weighted by Crippen LogP contribution is 2.11. The molecule has 0 aliphatic carbocycles. The highest BCUT2D eigenvalue weighted by Gasteiger charge is 2.48. The van der Waals surface area contributed by atoms with Gasteiger partial charge in [0.15, 0.2) is 0 Å². The Morgan fingerprint density at radius 1 is 1.50 bits per heavy atom. The van der Waals surface area contributed by atoms with Gasteiger partial charge in [0.05, 0.1) is 0 Å². The van der Waals surface area contributed by atoms with Crippen molar-refractivity contribution in [3.63, 3.8) is 0 Å². The predicted octanol–water partition coefficient (Wildman–Crippen LogP) is -0.500. The molecular formula is C11H15N2O+. The standard InChI is InChI=1S/C11H14N2O/c1-8(9-5-3-2-4-6-9)13-7-10(13)11(12)14/h2-6,8,10H,7H2,1H3,(H2,12,14)/p+1/t8-,10+,13?/m1/s1. The summed E-state index contributed by atoms with van der Waals surface area (Å²) in [4.78, 5) is 12.2. The number of primary amides is 1. The Balaban J connectivity index is 2.05. The minimum Gasteiger partial charge on any atom is -0.364 e. The first kappa shape index (κ1) is 9.21. The number of carbonyl (C=O) groups is 1. The fraction of sp³-hybridized carbons (Fsp3) is 0.364. The summed E-state index contributed by atoms with van der Waals surface area (Å²) in [6, 6.07) is 10.6. The first-order chi connectivity index (χ1) is 6.70. The second kappa shape index (κ2) is 3.42. The third-order valence-electron chi connectivity index (χ3n) is 2.93. The molecule has 1 amide bonds. The molecule has 1 aliphatic rings. The normalized spacial score (nSPS) is 26.9. The van der Waals surface area contributed by atoms with Crippen LogP contribution in [-0.2, 0) is 4.79 Å². The third kappa shape index (κ3) is 1.63. The van der Waals surface area contributed by atoms with E-state index in [9.17, 15) is 4.79 Å². The predicted molar refractivity (Wildman–Crippen MR) is 53.7 cm³/mol. The van der Waals surface area contributed by atoms with Gasteiger partial charge in [0.2, 0.25) is 6.04 Å². The van der Waals surface area contributed by atoms with Gasteiger partial charge in [0.25, 0.3) is 5.91 Å². The molecule has 3 nitrogen and oxygen atoms in total. The van der Waals surface area contributed by atoms with Gasteiger partial charge >= 0.3 is 0 Å². The van der Waals surface area contributed by atoms with Crippen LogP contribution in [0.4, 0.5) is 0 Å². The Labute approximate surface area is 83.5 Å². The molecule has 0 bridgehead atoms. The van der Waals surface area contributed by atoms with E-state index in [0.29, 0.717) is 6.04 Å². The number of amides is 1. The largest absolute Gasteiger partial charge is 0.364 e. The second-order valence-corrected chi connectivity index (χ2v) is 3.87. The van der Waals surface area contributed by atoms with Crippen molar-refractivity contribution in [2.75, 3.05) is 6.54 Å². The smallest absolute Gasteiger partial charge is 0.281 e. The maximum atomic E-state index is 10.9. The van der Waals surface area contributed by atoms with Crippen molar-refractivity contribution in [3.8, 4) is 0 Å². The average molecular weight is 191 g/mol. The Bertz CT molecular complexity index is 336. The zero-order chi connectivity index (χ0) is 10.1. The van der Waals surface area contributed by atoms with Gasteiger partial charge in [0, 0.05) is 5.56 Å². The molecule has 0 spiro atoms. The van der Waals surface area contributed by atoms with Crippen LogP contribution in [0.3, 0.4) is 0 Å². The number of benzene rings is 1. The molecule has 2 rings (SSSR count). The molecule has 0 radical (unpaired) electrons. The fourth-order valence-corrected chi connectivity index (χ4v) is 1.89. The van der Waals surface area contributed by atoms with Crippen LogP contribution >= 0.6 is 0 Å². The minimum atomic E-state index is -0.178. The van der Waals surface area contributed by atoms with Gasteiger partial charge < -0.3 is 10.6 Å². The van der Waals surface area contributed by atoms with Crippen molar-refractivity contribution in [2.24, 2.45) is 5.73 Å². The van der Waals surface area contributed by atoms with Crippen LogP contribution in [0.15, 0.2) is 30.3 Å². The fourth-order valence-electron chi connectivity index (χ4n) is 1.89. The number of hydrogen-bond acceptors (Lipinski definition) is 1. The molecule has 1 fully saturated rings. The Morgan fingerprint density at radius 2 is 2.14 bits per heavy atom. The maximum absolute atomic E-state index is 10.9. The monoisotopic (exact) mass is 191 g/mol. The van der Waals surface area contributed by atoms with Crippen molar-refractivity contribution in [1.29, 1.82) is 0 Å². The van der Waals surface area contributed by atoms with Gasteiger partial charge in [-0.1, -0.05) is 30.3 Å². The van der Waals surface area contributed by atoms with Crippen LogP contribution in [0, 0.1) is 0 Å². The van der Waals surface area contributed by atoms with E-state index < -0.39 is 0 Å². The molecule has 3 N–H and O–H groups in total. The summed E-state index contributed by atoms with van der Waals surface area (Å²) in [5, 5.41) is 0. The van der Waals surface area contributed by atoms with Crippen molar-refractivity contribution in [2.45, 2.75) is 19.0 Å². The number of carbonyl (C=O) groups excluding carboxylic acids is 1. The van der Waals surface area contributed by atoms with E-state index in [-0.39, 0.29) is 11.9 Å². The lowest BCUT2D eigenvalue weighted by Gasteiger charge is -2.09. The van der Waals surface area contributed by atoms with Crippen LogP contribution in [0.1, 0.15) is 18.5 Å². The molecular weight excluding hydrogens is 176 g/mol. The Kier molecular flexibility index (Phi) is 2.25. The van der Waals surface area contributed by atoms with E-state index in [1.54, 1.807) is 0 Å². The summed E-state index contributed by atoms with van der Waals surface area (Å²) in [7, 11) is 0. The third-order valence-corrected chi connectivity index (χ3v) is 2.93. The zero-order valence-corrected chi connectivity index (χ0v) is 8.23. The molecule has 1 aromatic rings. The van der Waals surface area contributed by atoms with E-state index in [1.165, 1.54) is 10.5 Å². The lowest BCUT2D eigenvalue weighted by atomic mass is 10.1. The van der Waals surface area contributed by atoms with Crippen LogP contribution < -0.4 is 10.6 Å². The van der Waals surface area contributed by atoms with Crippen molar-refractivity contribution in [3.05, 3.63) is 35.9 Å². The zero-order valence-electron chi connectivity index (χ0n) is 8.23. The molecule has 1 unspecified atom stereocenters. The van der Waals surface area contributed by atoms with Crippen molar-refractivity contribution in [1.82, 2.24) is 0 Å². The second-order valence-electron chi connectivity index (χ2n) is 3.87. The molecule has 74 valence electrons. The summed E-state index contributed by atoms with van der Waals surface area (Å²) in [6.07, 6.45) is 0. The van der Waals surface area contributed by atoms with E-state index in [2.05, 4.69) is 19.1 Å². The summed E-state index contributed by atoms with van der Waals surface area (Å²) in [5.74, 6) is -0.178. The van der Waals surface area contributed by atoms with Crippen LogP contribution in [0.25, 0.3) is 0 Å². The summed E-state index contributed by atoms with van der Waals surface area (Å²) in [5.41, 5.74) is 6.51. The van der Waals surface area contributed by atoms with E-state index in [1.807, 2.05) is 18.2 Å². The SMILES string of the molecule is C[C@H](c1ccccc1)[NH+]1C[C@H]1C(N)=O. The number of hydrogen-bond donors (Lipinski definition) is 2. The van der Waals surface area contributed by atoms with E-state index >= 15 is 0 Å². The van der Waals surface area contributed by atoms with Crippen LogP contribution in [0.5, 0.6) is 0 Å². The average Bonchev–Trinajstić information content (AvgIpc) is 2.97. The van der Waals surface area contributed by atoms with Crippen LogP contribution in [0.2, 0.25) is 0 Å². The molecule has 0 saturated carbocycles. The summed E-state index contributed by atoms with van der Waals surface area (Å²) < 4.78 is 0. The van der Waals surface area contributed by atoms with Gasteiger partial charge in [-0.15, -0.1) is 0 Å². The number of rotatable bonds is 3. The molecule has 1 saturated heterocycles. The van der Waals surface area contributed by atoms with Gasteiger partial charge in [-0.25, -0.2) is 0 Å². The molecule has 3 heteroatoms. The van der Waals surface area contributed by atoms with Gasteiger partial charge in [-0.3, -0.25) is 4.79 Å². The first-order valence-corrected chi connectivity index (χ1v) is 4.90. The quantitative estimate of drug-likeness (QED) is 0.622. The number of quaternary nitrogens is 1. The summed E-state index contributed by atoms with van der Waals surface area (Å²) >= 11 is 0. The first-order valence-electron chi connectivity index (χ1n) is 4.90. The highest BCUT2D eigenvalue weighted by atomic mass is 16.1. The molecule has 1 aliphatic heterocycles. The number of nitrogens with one attached hydrogen (secondary N) is 1. The minimum absolute atomic E-state index is 0.0326. The number of nitrogens with two attached hydrogens (primary N) is 1. The Morgan fingerprint density at radius 3 is 2.64 bits per heavy atom. The molecule has 14 heavy (non-hydrogen) atoms. The van der Waals surface area contributed by atoms with Gasteiger partial charge in [-0.2, -0.15) is 0 Å². The highest BCUT2D eigenvalue weighted by molar-refractivity contribution is 5.80. The van der Waals surface area contributed by atoms with E-state index in [4.69, 9.17) is 5.73 Å². The molecule has 1 aromatic carbocycles. The van der Waals surface area contributed by atoms with Gasteiger partial charge in [0.1, 0.15) is 12.6 Å². The molecule has 1 heterocycles. The molecule has 3 atom stereocenters. The maximum Gasteiger partial charge on any atom is 0.281 e. The lowest BCUT2D eigenvalue weighted by Crippen LogP contribution is -2.95. The van der Waals surface area contributed by atoms with Crippen molar-refractivity contribution >= 4 is 5.91 Å². The topological polar surface area (TPSA) is 47.5 Å². The van der Waals surface area contributed by atoms with E-state index in [0.717, 1.165) is 6.54 Å². The van der Waals surface area contributed by atoms with Crippen LogP contribution in [-0.4, -0.2) is 18.5 Å². The van der Waals surface area contributed by atoms with Gasteiger partial charge in [-0.05, 0) is 6.92 Å². The van der Waals surface area contributed by atoms with Crippen molar-refractivity contribution < 1.29 is 9.69 Å². The Hall–Kier alpha value is -1.35. The lowest BCUT2D eigenvalue weighted by molar-refractivity contribution is -0.803. The molecule has 0 aromatic heterocycles. The summed E-state index contributed by atoms with van der Waals surface area (Å²) in [6.45, 7) is 3.01.